The highest BCUT2D eigenvalue weighted by Crippen LogP contribution is 2.28. The number of hydrogen-bond acceptors (Lipinski definition) is 4. The van der Waals surface area contributed by atoms with Crippen LogP contribution in [0, 0.1) is 18.3 Å². The number of rotatable bonds is 2. The summed E-state index contributed by atoms with van der Waals surface area (Å²) >= 11 is 0. The van der Waals surface area contributed by atoms with E-state index in [-0.39, 0.29) is 12.2 Å². The fourth-order valence-corrected chi connectivity index (χ4v) is 2.37. The Morgan fingerprint density at radius 2 is 2.14 bits per heavy atom. The molecule has 2 heterocycles. The third-order valence-corrected chi connectivity index (χ3v) is 3.31. The highest BCUT2D eigenvalue weighted by Gasteiger charge is 2.12. The highest BCUT2D eigenvalue weighted by atomic mass is 16.4. The van der Waals surface area contributed by atoms with Gasteiger partial charge >= 0.3 is 0 Å². The Labute approximate surface area is 120 Å². The number of benzene rings is 1. The van der Waals surface area contributed by atoms with E-state index in [4.69, 9.17) is 9.52 Å². The standard InChI is InChI=1S/C16H12N2O3/c1-9-4-13(14(7-17)16(20)18-9)10-2-3-15-11(5-10)6-12(8-19)21-15/h2-6,19H,8H2,1H3,(H,18,20). The number of aryl methyl sites for hydroxylation is 1. The van der Waals surface area contributed by atoms with Gasteiger partial charge in [0.05, 0.1) is 0 Å². The number of furan rings is 1. The minimum atomic E-state index is -0.393. The first-order valence-electron chi connectivity index (χ1n) is 6.40. The molecule has 3 aromatic rings. The lowest BCUT2D eigenvalue weighted by Gasteiger charge is -2.05. The summed E-state index contributed by atoms with van der Waals surface area (Å²) in [6.07, 6.45) is 0. The lowest BCUT2D eigenvalue weighted by Crippen LogP contribution is -2.12. The summed E-state index contributed by atoms with van der Waals surface area (Å²) in [6.45, 7) is 1.60. The summed E-state index contributed by atoms with van der Waals surface area (Å²) in [5.74, 6) is 0.477. The van der Waals surface area contributed by atoms with E-state index in [1.165, 1.54) is 0 Å². The molecule has 0 fully saturated rings. The van der Waals surface area contributed by atoms with Crippen LogP contribution < -0.4 is 5.56 Å². The molecule has 0 saturated carbocycles. The van der Waals surface area contributed by atoms with Crippen molar-refractivity contribution in [2.24, 2.45) is 0 Å². The molecule has 0 saturated heterocycles. The van der Waals surface area contributed by atoms with Gasteiger partial charge in [-0.2, -0.15) is 5.26 Å². The van der Waals surface area contributed by atoms with E-state index >= 15 is 0 Å². The number of hydrogen-bond donors (Lipinski definition) is 2. The molecule has 1 aromatic carbocycles. The minimum absolute atomic E-state index is 0.0887. The molecule has 21 heavy (non-hydrogen) atoms. The van der Waals surface area contributed by atoms with Crippen molar-refractivity contribution in [1.82, 2.24) is 4.98 Å². The number of fused-ring (bicyclic) bond motifs is 1. The summed E-state index contributed by atoms with van der Waals surface area (Å²) in [7, 11) is 0. The molecule has 0 atom stereocenters. The largest absolute Gasteiger partial charge is 0.459 e. The van der Waals surface area contributed by atoms with Crippen LogP contribution in [0.2, 0.25) is 0 Å². The second kappa shape index (κ2) is 4.93. The zero-order valence-corrected chi connectivity index (χ0v) is 11.3. The number of aliphatic hydroxyl groups excluding tert-OH is 1. The van der Waals surface area contributed by atoms with E-state index in [9.17, 15) is 10.1 Å². The van der Waals surface area contributed by atoms with E-state index in [0.717, 1.165) is 10.9 Å². The van der Waals surface area contributed by atoms with Gasteiger partial charge < -0.3 is 14.5 Å². The van der Waals surface area contributed by atoms with Gasteiger partial charge in [-0.05, 0) is 36.8 Å². The number of aromatic nitrogens is 1. The predicted octanol–water partition coefficient (Wildman–Crippen LogP) is 2.46. The number of pyridine rings is 1. The van der Waals surface area contributed by atoms with E-state index in [1.54, 1.807) is 31.2 Å². The van der Waals surface area contributed by atoms with Crippen LogP contribution in [0.1, 0.15) is 17.0 Å². The summed E-state index contributed by atoms with van der Waals surface area (Å²) in [6, 6.07) is 10.9. The molecule has 5 heteroatoms. The lowest BCUT2D eigenvalue weighted by molar-refractivity contribution is 0.251. The van der Waals surface area contributed by atoms with E-state index < -0.39 is 5.56 Å². The van der Waals surface area contributed by atoms with Crippen molar-refractivity contribution in [1.29, 1.82) is 5.26 Å². The molecule has 0 aliphatic rings. The average Bonchev–Trinajstić information content (AvgIpc) is 2.88. The molecule has 0 unspecified atom stereocenters. The molecule has 5 nitrogen and oxygen atoms in total. The van der Waals surface area contributed by atoms with Crippen molar-refractivity contribution in [3.8, 4) is 17.2 Å². The van der Waals surface area contributed by atoms with Crippen LogP contribution in [-0.4, -0.2) is 10.1 Å². The number of nitrogens with one attached hydrogen (secondary N) is 1. The molecule has 104 valence electrons. The van der Waals surface area contributed by atoms with Crippen LogP contribution in [-0.2, 0) is 6.61 Å². The van der Waals surface area contributed by atoms with E-state index in [0.29, 0.717) is 22.6 Å². The zero-order valence-electron chi connectivity index (χ0n) is 11.3. The first-order chi connectivity index (χ1) is 10.1. The van der Waals surface area contributed by atoms with Crippen molar-refractivity contribution < 1.29 is 9.52 Å². The fraction of sp³-hybridized carbons (Fsp3) is 0.125. The summed E-state index contributed by atoms with van der Waals surface area (Å²) in [5.41, 5.74) is 2.40. The maximum Gasteiger partial charge on any atom is 0.266 e. The van der Waals surface area contributed by atoms with E-state index in [1.807, 2.05) is 12.1 Å². The number of aromatic amines is 1. The van der Waals surface area contributed by atoms with Crippen LogP contribution in [0.5, 0.6) is 0 Å². The molecule has 2 N–H and O–H groups in total. The Morgan fingerprint density at radius 1 is 1.33 bits per heavy atom. The Bertz CT molecular complexity index is 929. The van der Waals surface area contributed by atoms with Crippen molar-refractivity contribution in [2.45, 2.75) is 13.5 Å². The molecule has 0 aliphatic carbocycles. The summed E-state index contributed by atoms with van der Waals surface area (Å²) in [4.78, 5) is 14.5. The van der Waals surface area contributed by atoms with Crippen molar-refractivity contribution in [3.63, 3.8) is 0 Å². The van der Waals surface area contributed by atoms with Gasteiger partial charge in [-0.1, -0.05) is 6.07 Å². The minimum Gasteiger partial charge on any atom is -0.459 e. The number of H-pyrrole nitrogens is 1. The predicted molar refractivity (Wildman–Crippen MR) is 77.6 cm³/mol. The van der Waals surface area contributed by atoms with Gasteiger partial charge in [-0.25, -0.2) is 0 Å². The van der Waals surface area contributed by atoms with Crippen molar-refractivity contribution in [3.05, 3.63) is 57.7 Å². The Balaban J connectivity index is 2.25. The highest BCUT2D eigenvalue weighted by molar-refractivity contribution is 5.85. The molecule has 0 radical (unpaired) electrons. The third-order valence-electron chi connectivity index (χ3n) is 3.31. The molecule has 0 spiro atoms. The first kappa shape index (κ1) is 13.2. The second-order valence-electron chi connectivity index (χ2n) is 4.81. The zero-order chi connectivity index (χ0) is 15.0. The van der Waals surface area contributed by atoms with Gasteiger partial charge in [-0.3, -0.25) is 4.79 Å². The van der Waals surface area contributed by atoms with Crippen LogP contribution in [0.15, 0.2) is 39.5 Å². The number of nitrogens with zero attached hydrogens (tertiary/aromatic N) is 1. The van der Waals surface area contributed by atoms with Gasteiger partial charge in [0.2, 0.25) is 0 Å². The van der Waals surface area contributed by atoms with E-state index in [2.05, 4.69) is 4.98 Å². The smallest absolute Gasteiger partial charge is 0.266 e. The fourth-order valence-electron chi connectivity index (χ4n) is 2.37. The van der Waals surface area contributed by atoms with Crippen LogP contribution in [0.3, 0.4) is 0 Å². The van der Waals surface area contributed by atoms with Gasteiger partial charge in [0.15, 0.2) is 0 Å². The summed E-state index contributed by atoms with van der Waals surface area (Å²) < 4.78 is 5.43. The topological polar surface area (TPSA) is 90.0 Å². The monoisotopic (exact) mass is 280 g/mol. The van der Waals surface area contributed by atoms with Crippen LogP contribution in [0.25, 0.3) is 22.1 Å². The lowest BCUT2D eigenvalue weighted by atomic mass is 10.00. The second-order valence-corrected chi connectivity index (χ2v) is 4.81. The van der Waals surface area contributed by atoms with Crippen LogP contribution in [0.4, 0.5) is 0 Å². The number of nitriles is 1. The van der Waals surface area contributed by atoms with Gasteiger partial charge in [-0.15, -0.1) is 0 Å². The number of aliphatic hydroxyl groups is 1. The molecular formula is C16H12N2O3. The van der Waals surface area contributed by atoms with Gasteiger partial charge in [0.25, 0.3) is 5.56 Å². The normalized spacial score (nSPS) is 10.7. The molecule has 0 aliphatic heterocycles. The maximum atomic E-state index is 11.8. The maximum absolute atomic E-state index is 11.8. The SMILES string of the molecule is Cc1cc(-c2ccc3oc(CO)cc3c2)c(C#N)c(=O)[nH]1. The average molecular weight is 280 g/mol. The molecule has 0 amide bonds. The molecular weight excluding hydrogens is 268 g/mol. The first-order valence-corrected chi connectivity index (χ1v) is 6.40. The van der Waals surface area contributed by atoms with Gasteiger partial charge in [0, 0.05) is 16.6 Å². The van der Waals surface area contributed by atoms with Gasteiger partial charge in [0.1, 0.15) is 29.6 Å². The van der Waals surface area contributed by atoms with Crippen molar-refractivity contribution >= 4 is 11.0 Å². The van der Waals surface area contributed by atoms with Crippen molar-refractivity contribution in [2.75, 3.05) is 0 Å². The Morgan fingerprint density at radius 3 is 2.86 bits per heavy atom. The quantitative estimate of drug-likeness (QED) is 0.754. The molecule has 0 bridgehead atoms. The summed E-state index contributed by atoms with van der Waals surface area (Å²) in [5, 5.41) is 19.1. The van der Waals surface area contributed by atoms with Crippen LogP contribution >= 0.6 is 0 Å². The Hall–Kier alpha value is -2.84. The third kappa shape index (κ3) is 2.22. The Kier molecular flexibility index (Phi) is 3.09. The molecule has 3 rings (SSSR count). The molecule has 2 aromatic heterocycles.